The highest BCUT2D eigenvalue weighted by atomic mass is 32.1. The number of nitrogens with zero attached hydrogens (tertiary/aromatic N) is 2. The van der Waals surface area contributed by atoms with Crippen molar-refractivity contribution >= 4 is 38.6 Å². The molecule has 0 aliphatic heterocycles. The average Bonchev–Trinajstić information content (AvgIpc) is 3.06. The lowest BCUT2D eigenvalue weighted by Gasteiger charge is -2.04. The fourth-order valence-electron chi connectivity index (χ4n) is 2.07. The second kappa shape index (κ2) is 6.05. The van der Waals surface area contributed by atoms with Gasteiger partial charge < -0.3 is 11.1 Å². The van der Waals surface area contributed by atoms with Crippen LogP contribution in [0.4, 0.5) is 10.1 Å². The molecule has 0 aliphatic carbocycles. The van der Waals surface area contributed by atoms with Crippen LogP contribution in [0.2, 0.25) is 0 Å². The third-order valence-electron chi connectivity index (χ3n) is 3.02. The molecule has 0 saturated carbocycles. The van der Waals surface area contributed by atoms with Crippen LogP contribution in [-0.4, -0.2) is 16.2 Å². The maximum atomic E-state index is 14.3. The number of aromatic nitrogens is 2. The summed E-state index contributed by atoms with van der Waals surface area (Å²) in [6.07, 6.45) is 2.15. The van der Waals surface area contributed by atoms with Crippen molar-refractivity contribution in [1.29, 1.82) is 0 Å². The predicted molar refractivity (Wildman–Crippen MR) is 86.4 cm³/mol. The molecular formula is C14H15FN4S2. The monoisotopic (exact) mass is 322 g/mol. The highest BCUT2D eigenvalue weighted by molar-refractivity contribution is 7.19. The number of halogens is 1. The van der Waals surface area contributed by atoms with Crippen LogP contribution in [0.5, 0.6) is 0 Å². The van der Waals surface area contributed by atoms with Gasteiger partial charge in [0, 0.05) is 22.3 Å². The van der Waals surface area contributed by atoms with E-state index in [2.05, 4.69) is 21.6 Å². The Morgan fingerprint density at radius 3 is 3.05 bits per heavy atom. The summed E-state index contributed by atoms with van der Waals surface area (Å²) in [7, 11) is 0. The minimum Gasteiger partial charge on any atom is -0.378 e. The molecule has 110 valence electrons. The van der Waals surface area contributed by atoms with Crippen LogP contribution in [-0.2, 0) is 13.0 Å². The molecule has 0 spiro atoms. The van der Waals surface area contributed by atoms with Gasteiger partial charge >= 0.3 is 0 Å². The molecule has 0 amide bonds. The summed E-state index contributed by atoms with van der Waals surface area (Å²) in [5, 5.41) is 13.1. The molecule has 0 radical (unpaired) electrons. The molecule has 21 heavy (non-hydrogen) atoms. The number of rotatable bonds is 5. The Balaban J connectivity index is 1.91. The van der Waals surface area contributed by atoms with Crippen molar-refractivity contribution in [3.8, 4) is 0 Å². The van der Waals surface area contributed by atoms with Crippen molar-refractivity contribution in [3.05, 3.63) is 39.3 Å². The van der Waals surface area contributed by atoms with E-state index in [1.165, 1.54) is 16.2 Å². The number of nitrogens with one attached hydrogen (secondary N) is 1. The summed E-state index contributed by atoms with van der Waals surface area (Å²) < 4.78 is 15.1. The lowest BCUT2D eigenvalue weighted by molar-refractivity contribution is 0.612. The lowest BCUT2D eigenvalue weighted by Crippen LogP contribution is -2.17. The molecule has 1 atom stereocenters. The van der Waals surface area contributed by atoms with Crippen LogP contribution < -0.4 is 11.1 Å². The smallest absolute Gasteiger partial charge is 0.165 e. The number of fused-ring (bicyclic) bond motifs is 1. The average molecular weight is 322 g/mol. The van der Waals surface area contributed by atoms with Crippen molar-refractivity contribution in [2.75, 3.05) is 5.32 Å². The molecule has 3 heterocycles. The first kappa shape index (κ1) is 14.4. The molecule has 7 heteroatoms. The summed E-state index contributed by atoms with van der Waals surface area (Å²) in [5.41, 5.74) is 6.90. The lowest BCUT2D eigenvalue weighted by atomic mass is 10.2. The first-order valence-electron chi connectivity index (χ1n) is 6.59. The van der Waals surface area contributed by atoms with E-state index in [4.69, 9.17) is 5.73 Å². The van der Waals surface area contributed by atoms with E-state index < -0.39 is 0 Å². The zero-order valence-electron chi connectivity index (χ0n) is 11.5. The third kappa shape index (κ3) is 3.04. The quantitative estimate of drug-likeness (QED) is 0.756. The van der Waals surface area contributed by atoms with Crippen LogP contribution in [0.25, 0.3) is 10.2 Å². The van der Waals surface area contributed by atoms with E-state index >= 15 is 0 Å². The van der Waals surface area contributed by atoms with Gasteiger partial charge in [0.15, 0.2) is 5.82 Å². The molecule has 0 bridgehead atoms. The van der Waals surface area contributed by atoms with Gasteiger partial charge in [-0.2, -0.15) is 5.10 Å². The predicted octanol–water partition coefficient (Wildman–Crippen LogP) is 3.39. The van der Waals surface area contributed by atoms with E-state index in [0.29, 0.717) is 23.4 Å². The van der Waals surface area contributed by atoms with E-state index in [1.54, 1.807) is 17.5 Å². The highest BCUT2D eigenvalue weighted by Gasteiger charge is 2.17. The van der Waals surface area contributed by atoms with E-state index in [0.717, 1.165) is 10.4 Å². The molecule has 3 aromatic rings. The van der Waals surface area contributed by atoms with Crippen LogP contribution in [0, 0.1) is 5.82 Å². The van der Waals surface area contributed by atoms with E-state index in [9.17, 15) is 4.39 Å². The minimum atomic E-state index is -0.292. The molecule has 3 aromatic heterocycles. The van der Waals surface area contributed by atoms with Gasteiger partial charge in [-0.25, -0.2) is 4.39 Å². The maximum Gasteiger partial charge on any atom is 0.165 e. The Morgan fingerprint density at radius 1 is 1.48 bits per heavy atom. The summed E-state index contributed by atoms with van der Waals surface area (Å²) in [5.74, 6) is -0.292. The summed E-state index contributed by atoms with van der Waals surface area (Å²) in [6.45, 7) is 2.56. The maximum absolute atomic E-state index is 14.3. The van der Waals surface area contributed by atoms with Crippen molar-refractivity contribution in [2.45, 2.75) is 25.9 Å². The standard InChI is InChI=1S/C14H15FN4S2/c1-8(16)5-11-12(15)13-14(21-11)10(7-18-19-13)17-6-9-3-2-4-20-9/h2-4,7-8H,5-6,16H2,1H3,(H,17,19)/t8-/m0/s1. The van der Waals surface area contributed by atoms with Crippen LogP contribution >= 0.6 is 22.7 Å². The summed E-state index contributed by atoms with van der Waals surface area (Å²) in [4.78, 5) is 1.85. The van der Waals surface area contributed by atoms with Crippen molar-refractivity contribution < 1.29 is 4.39 Å². The minimum absolute atomic E-state index is 0.0805. The first-order chi connectivity index (χ1) is 10.1. The van der Waals surface area contributed by atoms with Gasteiger partial charge in [-0.3, -0.25) is 0 Å². The van der Waals surface area contributed by atoms with E-state index in [-0.39, 0.29) is 11.9 Å². The molecule has 0 aromatic carbocycles. The Kier molecular flexibility index (Phi) is 4.14. The number of nitrogens with two attached hydrogens (primary N) is 1. The SMILES string of the molecule is C[C@H](N)Cc1sc2c(NCc3cccs3)cnnc2c1F. The molecule has 3 N–H and O–H groups in total. The Hall–Kier alpha value is -1.57. The molecular weight excluding hydrogens is 307 g/mol. The topological polar surface area (TPSA) is 63.8 Å². The van der Waals surface area contributed by atoms with Gasteiger partial charge in [-0.1, -0.05) is 6.07 Å². The Morgan fingerprint density at radius 2 is 2.33 bits per heavy atom. The van der Waals surface area contributed by atoms with Gasteiger partial charge in [0.1, 0.15) is 5.52 Å². The Bertz CT molecular complexity index is 737. The largest absolute Gasteiger partial charge is 0.378 e. The molecule has 0 aliphatic rings. The van der Waals surface area contributed by atoms with Crippen molar-refractivity contribution in [1.82, 2.24) is 10.2 Å². The van der Waals surface area contributed by atoms with Crippen LogP contribution in [0.15, 0.2) is 23.7 Å². The zero-order chi connectivity index (χ0) is 14.8. The van der Waals surface area contributed by atoms with Crippen LogP contribution in [0.3, 0.4) is 0 Å². The third-order valence-corrected chi connectivity index (χ3v) is 5.11. The summed E-state index contributed by atoms with van der Waals surface area (Å²) >= 11 is 3.08. The second-order valence-corrected chi connectivity index (χ2v) is 7.03. The molecule has 0 fully saturated rings. The second-order valence-electron chi connectivity index (χ2n) is 4.89. The van der Waals surface area contributed by atoms with Gasteiger partial charge in [0.05, 0.1) is 16.6 Å². The normalized spacial score (nSPS) is 12.7. The summed E-state index contributed by atoms with van der Waals surface area (Å²) in [6, 6.07) is 3.98. The number of hydrogen-bond acceptors (Lipinski definition) is 6. The zero-order valence-corrected chi connectivity index (χ0v) is 13.1. The number of anilines is 1. The molecule has 0 unspecified atom stereocenters. The fraction of sp³-hybridized carbons (Fsp3) is 0.286. The number of hydrogen-bond donors (Lipinski definition) is 2. The van der Waals surface area contributed by atoms with Crippen LogP contribution in [0.1, 0.15) is 16.7 Å². The Labute approximate surface area is 129 Å². The molecule has 4 nitrogen and oxygen atoms in total. The van der Waals surface area contributed by atoms with Crippen molar-refractivity contribution in [2.24, 2.45) is 5.73 Å². The van der Waals surface area contributed by atoms with E-state index in [1.807, 2.05) is 18.4 Å². The first-order valence-corrected chi connectivity index (χ1v) is 8.29. The van der Waals surface area contributed by atoms with Gasteiger partial charge in [-0.15, -0.1) is 27.8 Å². The fourth-order valence-corrected chi connectivity index (χ4v) is 3.95. The molecule has 3 rings (SSSR count). The van der Waals surface area contributed by atoms with Gasteiger partial charge in [0.25, 0.3) is 0 Å². The highest BCUT2D eigenvalue weighted by Crippen LogP contribution is 2.34. The molecule has 0 saturated heterocycles. The van der Waals surface area contributed by atoms with Gasteiger partial charge in [-0.05, 0) is 24.8 Å². The van der Waals surface area contributed by atoms with Crippen molar-refractivity contribution in [3.63, 3.8) is 0 Å². The van der Waals surface area contributed by atoms with Gasteiger partial charge in [0.2, 0.25) is 0 Å². The number of thiophene rings is 2.